The molecule has 3 heteroatoms. The number of benzene rings is 1. The van der Waals surface area contributed by atoms with E-state index in [2.05, 4.69) is 4.90 Å². The summed E-state index contributed by atoms with van der Waals surface area (Å²) in [4.78, 5) is 2.50. The molecule has 0 unspecified atom stereocenters. The minimum atomic E-state index is 0.00853. The van der Waals surface area contributed by atoms with Crippen LogP contribution in [0.5, 0.6) is 11.5 Å². The molecule has 0 radical (unpaired) electrons. The third kappa shape index (κ3) is 1.55. The molecule has 0 saturated heterocycles. The molecule has 1 aromatic carbocycles. The fourth-order valence-corrected chi connectivity index (χ4v) is 2.67. The molecule has 1 heterocycles. The minimum Gasteiger partial charge on any atom is -0.504 e. The number of phenols is 2. The maximum absolute atomic E-state index is 9.50. The number of aromatic hydroxyl groups is 2. The molecule has 1 fully saturated rings. The van der Waals surface area contributed by atoms with Crippen molar-refractivity contribution in [1.29, 1.82) is 0 Å². The fraction of sp³-hybridized carbons (Fsp3) is 0.538. The van der Waals surface area contributed by atoms with Crippen LogP contribution in [0.3, 0.4) is 0 Å². The monoisotopic (exact) mass is 219 g/mol. The molecule has 86 valence electrons. The predicted octanol–water partition coefficient (Wildman–Crippen LogP) is 2.01. The first-order chi connectivity index (χ1) is 7.74. The molecule has 0 spiro atoms. The third-order valence-corrected chi connectivity index (χ3v) is 3.93. The Hall–Kier alpha value is -1.22. The third-order valence-electron chi connectivity index (χ3n) is 3.93. The minimum absolute atomic E-state index is 0.00853. The molecule has 2 aliphatic rings. The van der Waals surface area contributed by atoms with E-state index in [4.69, 9.17) is 0 Å². The molecule has 1 aromatic rings. The van der Waals surface area contributed by atoms with Crippen molar-refractivity contribution in [2.24, 2.45) is 0 Å². The van der Waals surface area contributed by atoms with E-state index >= 15 is 0 Å². The average molecular weight is 219 g/mol. The summed E-state index contributed by atoms with van der Waals surface area (Å²) in [6, 6.07) is 4.18. The van der Waals surface area contributed by atoms with E-state index in [1.165, 1.54) is 30.4 Å². The lowest BCUT2D eigenvalue weighted by Crippen LogP contribution is -2.42. The van der Waals surface area contributed by atoms with Gasteiger partial charge in [0.15, 0.2) is 11.5 Å². The SMILES string of the molecule is Oc1cc2c(cc1O)CN(C1CCC1)CC2. The van der Waals surface area contributed by atoms with E-state index in [-0.39, 0.29) is 11.5 Å². The first kappa shape index (κ1) is 9.97. The quantitative estimate of drug-likeness (QED) is 0.710. The van der Waals surface area contributed by atoms with Gasteiger partial charge < -0.3 is 10.2 Å². The number of fused-ring (bicyclic) bond motifs is 1. The predicted molar refractivity (Wildman–Crippen MR) is 61.5 cm³/mol. The lowest BCUT2D eigenvalue weighted by Gasteiger charge is -2.40. The van der Waals surface area contributed by atoms with Gasteiger partial charge >= 0.3 is 0 Å². The van der Waals surface area contributed by atoms with Gasteiger partial charge in [-0.05, 0) is 42.5 Å². The summed E-state index contributed by atoms with van der Waals surface area (Å²) in [6.45, 7) is 2.01. The Morgan fingerprint density at radius 2 is 1.75 bits per heavy atom. The van der Waals surface area contributed by atoms with Gasteiger partial charge in [-0.3, -0.25) is 4.90 Å². The molecular formula is C13H17NO2. The second-order valence-electron chi connectivity index (χ2n) is 4.91. The van der Waals surface area contributed by atoms with Crippen LogP contribution in [-0.4, -0.2) is 27.7 Å². The molecule has 0 aromatic heterocycles. The highest BCUT2D eigenvalue weighted by Crippen LogP contribution is 2.34. The molecule has 0 bridgehead atoms. The molecule has 16 heavy (non-hydrogen) atoms. The second kappa shape index (κ2) is 3.67. The standard InChI is InChI=1S/C13H17NO2/c15-12-6-9-4-5-14(11-2-1-3-11)8-10(9)7-13(12)16/h6-7,11,15-16H,1-5,8H2. The van der Waals surface area contributed by atoms with Gasteiger partial charge in [0.25, 0.3) is 0 Å². The van der Waals surface area contributed by atoms with Gasteiger partial charge in [0.2, 0.25) is 0 Å². The number of rotatable bonds is 1. The Labute approximate surface area is 95.3 Å². The van der Waals surface area contributed by atoms with Gasteiger partial charge in [0.05, 0.1) is 0 Å². The molecular weight excluding hydrogens is 202 g/mol. The highest BCUT2D eigenvalue weighted by molar-refractivity contribution is 5.46. The van der Waals surface area contributed by atoms with Crippen molar-refractivity contribution in [1.82, 2.24) is 4.90 Å². The van der Waals surface area contributed by atoms with Gasteiger partial charge in [-0.25, -0.2) is 0 Å². The fourth-order valence-electron chi connectivity index (χ4n) is 2.67. The Morgan fingerprint density at radius 3 is 2.38 bits per heavy atom. The summed E-state index contributed by atoms with van der Waals surface area (Å²) in [5.41, 5.74) is 2.36. The van der Waals surface area contributed by atoms with Crippen molar-refractivity contribution in [2.75, 3.05) is 6.54 Å². The van der Waals surface area contributed by atoms with Crippen LogP contribution in [0.1, 0.15) is 30.4 Å². The smallest absolute Gasteiger partial charge is 0.157 e. The Kier molecular flexibility index (Phi) is 2.28. The summed E-state index contributed by atoms with van der Waals surface area (Å²) >= 11 is 0. The summed E-state index contributed by atoms with van der Waals surface area (Å²) < 4.78 is 0. The molecule has 3 rings (SSSR count). The van der Waals surface area contributed by atoms with Crippen LogP contribution >= 0.6 is 0 Å². The average Bonchev–Trinajstić information content (AvgIpc) is 2.17. The van der Waals surface area contributed by atoms with Crippen LogP contribution in [0.2, 0.25) is 0 Å². The van der Waals surface area contributed by atoms with E-state index < -0.39 is 0 Å². The van der Waals surface area contributed by atoms with Crippen molar-refractivity contribution in [3.05, 3.63) is 23.3 Å². The largest absolute Gasteiger partial charge is 0.504 e. The van der Waals surface area contributed by atoms with Crippen LogP contribution in [0.15, 0.2) is 12.1 Å². The summed E-state index contributed by atoms with van der Waals surface area (Å²) in [7, 11) is 0. The summed E-state index contributed by atoms with van der Waals surface area (Å²) in [5, 5.41) is 18.9. The maximum Gasteiger partial charge on any atom is 0.157 e. The van der Waals surface area contributed by atoms with Crippen molar-refractivity contribution >= 4 is 0 Å². The highest BCUT2D eigenvalue weighted by atomic mass is 16.3. The van der Waals surface area contributed by atoms with Crippen molar-refractivity contribution < 1.29 is 10.2 Å². The number of phenolic OH excluding ortho intramolecular Hbond substituents is 2. The van der Waals surface area contributed by atoms with E-state index in [0.717, 1.165) is 25.6 Å². The summed E-state index contributed by atoms with van der Waals surface area (Å²) in [5.74, 6) is 0.0186. The maximum atomic E-state index is 9.50. The first-order valence-electron chi connectivity index (χ1n) is 6.02. The Bertz CT molecular complexity index is 413. The highest BCUT2D eigenvalue weighted by Gasteiger charge is 2.28. The van der Waals surface area contributed by atoms with Gasteiger partial charge in [-0.1, -0.05) is 6.42 Å². The lowest BCUT2D eigenvalue weighted by atomic mass is 9.88. The van der Waals surface area contributed by atoms with Crippen molar-refractivity contribution in [3.8, 4) is 11.5 Å². The van der Waals surface area contributed by atoms with Gasteiger partial charge in [-0.15, -0.1) is 0 Å². The normalized spacial score (nSPS) is 21.5. The van der Waals surface area contributed by atoms with Crippen molar-refractivity contribution in [2.45, 2.75) is 38.3 Å². The van der Waals surface area contributed by atoms with Gasteiger partial charge in [-0.2, -0.15) is 0 Å². The van der Waals surface area contributed by atoms with E-state index in [0.29, 0.717) is 0 Å². The zero-order valence-corrected chi connectivity index (χ0v) is 9.32. The number of hydrogen-bond acceptors (Lipinski definition) is 3. The molecule has 0 atom stereocenters. The molecule has 2 N–H and O–H groups in total. The lowest BCUT2D eigenvalue weighted by molar-refractivity contribution is 0.113. The van der Waals surface area contributed by atoms with E-state index in [1.807, 2.05) is 0 Å². The Balaban J connectivity index is 1.84. The molecule has 1 aliphatic heterocycles. The van der Waals surface area contributed by atoms with E-state index in [9.17, 15) is 10.2 Å². The zero-order valence-electron chi connectivity index (χ0n) is 9.32. The van der Waals surface area contributed by atoms with Gasteiger partial charge in [0.1, 0.15) is 0 Å². The van der Waals surface area contributed by atoms with Gasteiger partial charge in [0, 0.05) is 19.1 Å². The van der Waals surface area contributed by atoms with Crippen LogP contribution < -0.4 is 0 Å². The second-order valence-corrected chi connectivity index (χ2v) is 4.91. The van der Waals surface area contributed by atoms with E-state index in [1.54, 1.807) is 12.1 Å². The Morgan fingerprint density at radius 1 is 1.06 bits per heavy atom. The number of hydrogen-bond donors (Lipinski definition) is 2. The number of nitrogens with zero attached hydrogens (tertiary/aromatic N) is 1. The van der Waals surface area contributed by atoms with Crippen LogP contribution in [0.4, 0.5) is 0 Å². The van der Waals surface area contributed by atoms with Crippen LogP contribution in [-0.2, 0) is 13.0 Å². The summed E-state index contributed by atoms with van der Waals surface area (Å²) in [6.07, 6.45) is 4.98. The zero-order chi connectivity index (χ0) is 11.1. The first-order valence-corrected chi connectivity index (χ1v) is 6.02. The van der Waals surface area contributed by atoms with Crippen LogP contribution in [0.25, 0.3) is 0 Å². The molecule has 1 saturated carbocycles. The molecule has 3 nitrogen and oxygen atoms in total. The molecule has 0 amide bonds. The van der Waals surface area contributed by atoms with Crippen LogP contribution in [0, 0.1) is 0 Å². The van der Waals surface area contributed by atoms with Crippen molar-refractivity contribution in [3.63, 3.8) is 0 Å². The molecule has 1 aliphatic carbocycles. The topological polar surface area (TPSA) is 43.7 Å².